The SMILES string of the molecule is O=S(=O)(Nc1ccc(-n2cncn2)nc1)c1ccccc1. The van der Waals surface area contributed by atoms with Gasteiger partial charge in [0.1, 0.15) is 12.7 Å². The molecule has 0 bridgehead atoms. The number of aromatic nitrogens is 4. The molecule has 0 amide bonds. The van der Waals surface area contributed by atoms with Crippen molar-refractivity contribution in [3.05, 3.63) is 61.3 Å². The molecular weight excluding hydrogens is 290 g/mol. The molecule has 3 rings (SSSR count). The minimum Gasteiger partial charge on any atom is -0.278 e. The summed E-state index contributed by atoms with van der Waals surface area (Å²) < 4.78 is 28.3. The maximum atomic E-state index is 12.1. The molecule has 0 aliphatic heterocycles. The van der Waals surface area contributed by atoms with E-state index < -0.39 is 10.0 Å². The summed E-state index contributed by atoms with van der Waals surface area (Å²) in [5, 5.41) is 3.94. The maximum absolute atomic E-state index is 12.1. The molecule has 0 spiro atoms. The Labute approximate surface area is 121 Å². The summed E-state index contributed by atoms with van der Waals surface area (Å²) in [6.45, 7) is 0. The van der Waals surface area contributed by atoms with Crippen molar-refractivity contribution in [1.82, 2.24) is 19.7 Å². The predicted molar refractivity (Wildman–Crippen MR) is 76.4 cm³/mol. The third-order valence-corrected chi connectivity index (χ3v) is 4.10. The lowest BCUT2D eigenvalue weighted by molar-refractivity contribution is 0.601. The molecule has 0 saturated carbocycles. The van der Waals surface area contributed by atoms with Gasteiger partial charge in [-0.2, -0.15) is 5.10 Å². The first-order valence-electron chi connectivity index (χ1n) is 6.04. The molecule has 1 N–H and O–H groups in total. The fourth-order valence-electron chi connectivity index (χ4n) is 1.72. The van der Waals surface area contributed by atoms with Gasteiger partial charge in [0.05, 0.1) is 16.8 Å². The zero-order valence-electron chi connectivity index (χ0n) is 10.8. The van der Waals surface area contributed by atoms with Crippen molar-refractivity contribution in [3.63, 3.8) is 0 Å². The third-order valence-electron chi connectivity index (χ3n) is 2.71. The van der Waals surface area contributed by atoms with Gasteiger partial charge in [0.15, 0.2) is 5.82 Å². The first kappa shape index (κ1) is 13.3. The second-order valence-electron chi connectivity index (χ2n) is 4.16. The number of benzene rings is 1. The number of pyridine rings is 1. The summed E-state index contributed by atoms with van der Waals surface area (Å²) in [5.74, 6) is 0.551. The van der Waals surface area contributed by atoms with Gasteiger partial charge in [-0.25, -0.2) is 23.1 Å². The average molecular weight is 301 g/mol. The smallest absolute Gasteiger partial charge is 0.261 e. The van der Waals surface area contributed by atoms with E-state index in [0.717, 1.165) is 0 Å². The van der Waals surface area contributed by atoms with Crippen LogP contribution in [0.5, 0.6) is 0 Å². The van der Waals surface area contributed by atoms with E-state index in [0.29, 0.717) is 11.5 Å². The highest BCUT2D eigenvalue weighted by molar-refractivity contribution is 7.92. The standard InChI is InChI=1S/C13H11N5O2S/c19-21(20,12-4-2-1-3-5-12)17-11-6-7-13(15-8-11)18-10-14-9-16-18/h1-10,17H. The van der Waals surface area contributed by atoms with Gasteiger partial charge in [0, 0.05) is 0 Å². The van der Waals surface area contributed by atoms with Crippen molar-refractivity contribution >= 4 is 15.7 Å². The van der Waals surface area contributed by atoms with Gasteiger partial charge in [-0.3, -0.25) is 4.72 Å². The highest BCUT2D eigenvalue weighted by atomic mass is 32.2. The molecule has 0 fully saturated rings. The molecule has 0 aliphatic carbocycles. The fraction of sp³-hybridized carbons (Fsp3) is 0. The zero-order chi connectivity index (χ0) is 14.7. The molecule has 2 aromatic heterocycles. The van der Waals surface area contributed by atoms with E-state index in [1.807, 2.05) is 0 Å². The van der Waals surface area contributed by atoms with E-state index in [9.17, 15) is 8.42 Å². The predicted octanol–water partition coefficient (Wildman–Crippen LogP) is 1.46. The summed E-state index contributed by atoms with van der Waals surface area (Å²) >= 11 is 0. The summed E-state index contributed by atoms with van der Waals surface area (Å²) in [6.07, 6.45) is 4.33. The molecule has 0 atom stereocenters. The second-order valence-corrected chi connectivity index (χ2v) is 5.85. The number of hydrogen-bond acceptors (Lipinski definition) is 5. The number of nitrogens with one attached hydrogen (secondary N) is 1. The molecule has 0 unspecified atom stereocenters. The molecule has 7 nitrogen and oxygen atoms in total. The van der Waals surface area contributed by atoms with Gasteiger partial charge in [0.2, 0.25) is 0 Å². The Balaban J connectivity index is 1.83. The topological polar surface area (TPSA) is 89.8 Å². The first-order chi connectivity index (χ1) is 10.1. The van der Waals surface area contributed by atoms with Gasteiger partial charge >= 0.3 is 0 Å². The van der Waals surface area contributed by atoms with E-state index in [2.05, 4.69) is 19.8 Å². The van der Waals surface area contributed by atoms with Gasteiger partial charge < -0.3 is 0 Å². The van der Waals surface area contributed by atoms with Crippen LogP contribution in [0.4, 0.5) is 5.69 Å². The third kappa shape index (κ3) is 2.90. The Morgan fingerprint density at radius 2 is 1.86 bits per heavy atom. The van der Waals surface area contributed by atoms with Crippen LogP contribution >= 0.6 is 0 Å². The van der Waals surface area contributed by atoms with E-state index in [1.165, 1.54) is 35.7 Å². The van der Waals surface area contributed by atoms with Crippen LogP contribution in [-0.2, 0) is 10.0 Å². The zero-order valence-corrected chi connectivity index (χ0v) is 11.6. The van der Waals surface area contributed by atoms with Crippen LogP contribution in [0, 0.1) is 0 Å². The minimum absolute atomic E-state index is 0.199. The normalized spacial score (nSPS) is 11.2. The lowest BCUT2D eigenvalue weighted by Crippen LogP contribution is -2.13. The summed E-state index contributed by atoms with van der Waals surface area (Å²) in [5.41, 5.74) is 0.378. The molecule has 0 radical (unpaired) electrons. The van der Waals surface area contributed by atoms with Crippen LogP contribution in [0.25, 0.3) is 5.82 Å². The minimum atomic E-state index is -3.60. The van der Waals surface area contributed by atoms with Gasteiger partial charge in [0.25, 0.3) is 10.0 Å². The molecular formula is C13H11N5O2S. The van der Waals surface area contributed by atoms with E-state index in [-0.39, 0.29) is 4.90 Å². The summed E-state index contributed by atoms with van der Waals surface area (Å²) in [7, 11) is -3.60. The maximum Gasteiger partial charge on any atom is 0.261 e. The molecule has 3 aromatic rings. The van der Waals surface area contributed by atoms with Crippen molar-refractivity contribution < 1.29 is 8.42 Å². The van der Waals surface area contributed by atoms with Gasteiger partial charge in [-0.1, -0.05) is 18.2 Å². The Kier molecular flexibility index (Phi) is 3.36. The molecule has 0 saturated heterocycles. The van der Waals surface area contributed by atoms with Crippen LogP contribution in [0.1, 0.15) is 0 Å². The number of anilines is 1. The molecule has 21 heavy (non-hydrogen) atoms. The van der Waals surface area contributed by atoms with E-state index >= 15 is 0 Å². The fourth-order valence-corrected chi connectivity index (χ4v) is 2.79. The molecule has 1 aromatic carbocycles. The quantitative estimate of drug-likeness (QED) is 0.788. The van der Waals surface area contributed by atoms with Crippen LogP contribution < -0.4 is 4.72 Å². The first-order valence-corrected chi connectivity index (χ1v) is 7.52. The number of nitrogens with zero attached hydrogens (tertiary/aromatic N) is 4. The van der Waals surface area contributed by atoms with Crippen molar-refractivity contribution in [3.8, 4) is 5.82 Å². The monoisotopic (exact) mass is 301 g/mol. The van der Waals surface area contributed by atoms with Gasteiger partial charge in [-0.15, -0.1) is 0 Å². The van der Waals surface area contributed by atoms with Crippen LogP contribution in [0.3, 0.4) is 0 Å². The van der Waals surface area contributed by atoms with Crippen molar-refractivity contribution in [2.24, 2.45) is 0 Å². The highest BCUT2D eigenvalue weighted by Gasteiger charge is 2.13. The average Bonchev–Trinajstić information content (AvgIpc) is 3.03. The largest absolute Gasteiger partial charge is 0.278 e. The Morgan fingerprint density at radius 3 is 2.48 bits per heavy atom. The second kappa shape index (κ2) is 5.33. The summed E-state index contributed by atoms with van der Waals surface area (Å²) in [6, 6.07) is 11.4. The Bertz CT molecular complexity index is 815. The van der Waals surface area contributed by atoms with Crippen LogP contribution in [0.15, 0.2) is 66.2 Å². The summed E-state index contributed by atoms with van der Waals surface area (Å²) in [4.78, 5) is 8.15. The number of sulfonamides is 1. The number of hydrogen-bond donors (Lipinski definition) is 1. The van der Waals surface area contributed by atoms with Crippen molar-refractivity contribution in [1.29, 1.82) is 0 Å². The molecule has 0 aliphatic rings. The Hall–Kier alpha value is -2.74. The lowest BCUT2D eigenvalue weighted by atomic mass is 10.4. The lowest BCUT2D eigenvalue weighted by Gasteiger charge is -2.08. The molecule has 106 valence electrons. The Morgan fingerprint density at radius 1 is 1.05 bits per heavy atom. The van der Waals surface area contributed by atoms with E-state index in [4.69, 9.17) is 0 Å². The highest BCUT2D eigenvalue weighted by Crippen LogP contribution is 2.15. The molecule has 8 heteroatoms. The van der Waals surface area contributed by atoms with Crippen LogP contribution in [-0.4, -0.2) is 28.2 Å². The van der Waals surface area contributed by atoms with Crippen molar-refractivity contribution in [2.45, 2.75) is 4.90 Å². The van der Waals surface area contributed by atoms with Gasteiger partial charge in [-0.05, 0) is 24.3 Å². The number of rotatable bonds is 4. The molecule has 2 heterocycles. The van der Waals surface area contributed by atoms with Crippen molar-refractivity contribution in [2.75, 3.05) is 4.72 Å². The van der Waals surface area contributed by atoms with Crippen LogP contribution in [0.2, 0.25) is 0 Å². The van der Waals surface area contributed by atoms with E-state index in [1.54, 1.807) is 30.3 Å².